The minimum absolute atomic E-state index is 0.0183. The number of aromatic hydroxyl groups is 1. The van der Waals surface area contributed by atoms with E-state index in [1.807, 2.05) is 0 Å². The fourth-order valence-corrected chi connectivity index (χ4v) is 1.39. The van der Waals surface area contributed by atoms with E-state index >= 15 is 0 Å². The van der Waals surface area contributed by atoms with Crippen LogP contribution in [0.3, 0.4) is 0 Å². The number of rotatable bonds is 5. The molecule has 1 aromatic carbocycles. The first-order valence-corrected chi connectivity index (χ1v) is 5.95. The lowest BCUT2D eigenvalue weighted by Crippen LogP contribution is -2.42. The van der Waals surface area contributed by atoms with Gasteiger partial charge in [0.05, 0.1) is 11.2 Å². The Labute approximate surface area is 116 Å². The number of hydroxylamine groups is 1. The number of phenolic OH excluding ortho intramolecular Hbond substituents is 1. The molecule has 0 unspecified atom stereocenters. The van der Waals surface area contributed by atoms with Crippen molar-refractivity contribution >= 4 is 17.5 Å². The standard InChI is InChI=1S/C14H17NO5/c1-14(2,3)20-15-12(13(18)19)11(8-16)9-4-6-10(17)7-5-9/h4-7,12,15,17H,1-3H3,(H,18,19)/t12-/m0/s1. The summed E-state index contributed by atoms with van der Waals surface area (Å²) < 4.78 is 0. The molecule has 108 valence electrons. The zero-order chi connectivity index (χ0) is 15.3. The molecule has 0 saturated heterocycles. The van der Waals surface area contributed by atoms with Gasteiger partial charge in [-0.1, -0.05) is 12.1 Å². The maximum absolute atomic E-state index is 11.3. The Bertz CT molecular complexity index is 523. The number of hydrogen-bond acceptors (Lipinski definition) is 5. The van der Waals surface area contributed by atoms with Crippen LogP contribution >= 0.6 is 0 Å². The monoisotopic (exact) mass is 279 g/mol. The van der Waals surface area contributed by atoms with E-state index in [0.29, 0.717) is 5.56 Å². The molecule has 0 aliphatic heterocycles. The zero-order valence-electron chi connectivity index (χ0n) is 11.5. The smallest absolute Gasteiger partial charge is 0.328 e. The number of aliphatic carboxylic acids is 1. The number of benzene rings is 1. The summed E-state index contributed by atoms with van der Waals surface area (Å²) in [6, 6.07) is 4.23. The van der Waals surface area contributed by atoms with Crippen molar-refractivity contribution in [3.8, 4) is 5.75 Å². The topological polar surface area (TPSA) is 95.9 Å². The van der Waals surface area contributed by atoms with Gasteiger partial charge in [0.15, 0.2) is 6.04 Å². The summed E-state index contributed by atoms with van der Waals surface area (Å²) in [7, 11) is 0. The Hall–Kier alpha value is -2.14. The third-order valence-corrected chi connectivity index (χ3v) is 2.31. The molecule has 0 bridgehead atoms. The third kappa shape index (κ3) is 4.51. The normalized spacial score (nSPS) is 12.6. The van der Waals surface area contributed by atoms with Gasteiger partial charge >= 0.3 is 5.97 Å². The number of carboxylic acids is 1. The molecule has 0 fully saturated rings. The van der Waals surface area contributed by atoms with Gasteiger partial charge in [0.25, 0.3) is 0 Å². The van der Waals surface area contributed by atoms with Crippen LogP contribution in [0.1, 0.15) is 26.3 Å². The first kappa shape index (κ1) is 15.9. The van der Waals surface area contributed by atoms with E-state index in [1.165, 1.54) is 24.3 Å². The molecular formula is C14H17NO5. The largest absolute Gasteiger partial charge is 0.508 e. The number of hydrogen-bond donors (Lipinski definition) is 3. The molecule has 3 N–H and O–H groups in total. The average molecular weight is 279 g/mol. The second-order valence-electron chi connectivity index (χ2n) is 5.17. The van der Waals surface area contributed by atoms with Crippen molar-refractivity contribution in [2.45, 2.75) is 32.4 Å². The van der Waals surface area contributed by atoms with E-state index in [4.69, 9.17) is 4.84 Å². The Kier molecular flexibility index (Phi) is 5.05. The van der Waals surface area contributed by atoms with Crippen molar-refractivity contribution in [1.82, 2.24) is 5.48 Å². The van der Waals surface area contributed by atoms with Crippen LogP contribution in [-0.2, 0) is 14.4 Å². The fraction of sp³-hybridized carbons (Fsp3) is 0.357. The van der Waals surface area contributed by atoms with Crippen molar-refractivity contribution < 1.29 is 24.6 Å². The van der Waals surface area contributed by atoms with E-state index in [-0.39, 0.29) is 11.3 Å². The van der Waals surface area contributed by atoms with Gasteiger partial charge in [-0.25, -0.2) is 4.79 Å². The predicted molar refractivity (Wildman–Crippen MR) is 72.6 cm³/mol. The van der Waals surface area contributed by atoms with Crippen LogP contribution in [0.4, 0.5) is 0 Å². The number of carboxylic acid groups (broad SMARTS) is 1. The van der Waals surface area contributed by atoms with Crippen LogP contribution in [-0.4, -0.2) is 33.8 Å². The molecule has 20 heavy (non-hydrogen) atoms. The summed E-state index contributed by atoms with van der Waals surface area (Å²) in [6.45, 7) is 5.22. The quantitative estimate of drug-likeness (QED) is 0.556. The highest BCUT2D eigenvalue weighted by Gasteiger charge is 2.27. The van der Waals surface area contributed by atoms with Gasteiger partial charge in [0.1, 0.15) is 11.7 Å². The SMILES string of the molecule is CC(C)(C)ON[C@H](C(=O)O)C(=C=O)c1ccc(O)cc1. The van der Waals surface area contributed by atoms with Crippen LogP contribution < -0.4 is 5.48 Å². The summed E-state index contributed by atoms with van der Waals surface area (Å²) in [6.07, 6.45) is 0. The molecule has 0 aromatic heterocycles. The average Bonchev–Trinajstić information content (AvgIpc) is 2.34. The van der Waals surface area contributed by atoms with Gasteiger partial charge in [-0.15, -0.1) is 0 Å². The van der Waals surface area contributed by atoms with Crippen molar-refractivity contribution in [2.24, 2.45) is 0 Å². The molecule has 0 spiro atoms. The van der Waals surface area contributed by atoms with Gasteiger partial charge < -0.3 is 10.2 Å². The highest BCUT2D eigenvalue weighted by molar-refractivity contribution is 6.01. The van der Waals surface area contributed by atoms with Crippen LogP contribution in [0.25, 0.3) is 5.57 Å². The zero-order valence-corrected chi connectivity index (χ0v) is 11.5. The predicted octanol–water partition coefficient (Wildman–Crippen LogP) is 1.38. The Morgan fingerprint density at radius 3 is 2.25 bits per heavy atom. The molecule has 0 heterocycles. The second kappa shape index (κ2) is 6.34. The summed E-state index contributed by atoms with van der Waals surface area (Å²) in [5.74, 6) is 0.372. The van der Waals surface area contributed by atoms with E-state index in [0.717, 1.165) is 0 Å². The Morgan fingerprint density at radius 1 is 1.30 bits per heavy atom. The van der Waals surface area contributed by atoms with Crippen LogP contribution in [0.2, 0.25) is 0 Å². The first-order chi connectivity index (χ1) is 9.24. The highest BCUT2D eigenvalue weighted by Crippen LogP contribution is 2.20. The van der Waals surface area contributed by atoms with Crippen molar-refractivity contribution in [3.63, 3.8) is 0 Å². The van der Waals surface area contributed by atoms with Gasteiger partial charge in [0, 0.05) is 0 Å². The second-order valence-corrected chi connectivity index (χ2v) is 5.17. The molecule has 0 radical (unpaired) electrons. The summed E-state index contributed by atoms with van der Waals surface area (Å²) in [4.78, 5) is 27.5. The lowest BCUT2D eigenvalue weighted by molar-refractivity contribution is -0.146. The van der Waals surface area contributed by atoms with E-state index in [1.54, 1.807) is 26.7 Å². The van der Waals surface area contributed by atoms with E-state index < -0.39 is 17.6 Å². The van der Waals surface area contributed by atoms with Gasteiger partial charge in [-0.3, -0.25) is 9.63 Å². The maximum atomic E-state index is 11.3. The van der Waals surface area contributed by atoms with Gasteiger partial charge in [-0.2, -0.15) is 5.48 Å². The first-order valence-electron chi connectivity index (χ1n) is 5.95. The molecule has 0 saturated carbocycles. The van der Waals surface area contributed by atoms with Gasteiger partial charge in [-0.05, 0) is 38.5 Å². The molecule has 1 aromatic rings. The molecule has 1 rings (SSSR count). The van der Waals surface area contributed by atoms with Crippen LogP contribution in [0.5, 0.6) is 5.75 Å². The van der Waals surface area contributed by atoms with Gasteiger partial charge in [0.2, 0.25) is 0 Å². The molecule has 1 atom stereocenters. The summed E-state index contributed by atoms with van der Waals surface area (Å²) >= 11 is 0. The molecule has 0 aliphatic carbocycles. The fourth-order valence-electron chi connectivity index (χ4n) is 1.39. The number of nitrogens with one attached hydrogen (secondary N) is 1. The summed E-state index contributed by atoms with van der Waals surface area (Å²) in [5, 5.41) is 18.4. The molecule has 6 heteroatoms. The molecular weight excluding hydrogens is 262 g/mol. The number of carbonyl (C=O) groups is 1. The van der Waals surface area contributed by atoms with Crippen molar-refractivity contribution in [3.05, 3.63) is 29.8 Å². The Balaban J connectivity index is 3.02. The van der Waals surface area contributed by atoms with Crippen molar-refractivity contribution in [2.75, 3.05) is 0 Å². The van der Waals surface area contributed by atoms with Crippen LogP contribution in [0, 0.1) is 0 Å². The van der Waals surface area contributed by atoms with Crippen LogP contribution in [0.15, 0.2) is 24.3 Å². The maximum Gasteiger partial charge on any atom is 0.328 e. The van der Waals surface area contributed by atoms with E-state index in [9.17, 15) is 19.8 Å². The lowest BCUT2D eigenvalue weighted by atomic mass is 10.0. The van der Waals surface area contributed by atoms with Crippen molar-refractivity contribution in [1.29, 1.82) is 0 Å². The van der Waals surface area contributed by atoms with E-state index in [2.05, 4.69) is 5.48 Å². The molecule has 0 amide bonds. The molecule has 0 aliphatic rings. The minimum Gasteiger partial charge on any atom is -0.508 e. The summed E-state index contributed by atoms with van der Waals surface area (Å²) in [5.41, 5.74) is 1.98. The number of carbonyl (C=O) groups excluding carboxylic acids is 1. The third-order valence-electron chi connectivity index (χ3n) is 2.31. The highest BCUT2D eigenvalue weighted by atomic mass is 16.7. The molecule has 6 nitrogen and oxygen atoms in total. The lowest BCUT2D eigenvalue weighted by Gasteiger charge is -2.23. The number of phenols is 1. The minimum atomic E-state index is -1.35. The Morgan fingerprint density at radius 2 is 1.85 bits per heavy atom.